The maximum Gasteiger partial charge on any atom is 0.222 e. The van der Waals surface area contributed by atoms with Gasteiger partial charge in [0.05, 0.1) is 14.2 Å². The first-order chi connectivity index (χ1) is 10.2. The zero-order valence-electron chi connectivity index (χ0n) is 12.7. The Morgan fingerprint density at radius 3 is 2.71 bits per heavy atom. The number of aromatic nitrogens is 2. The molecule has 5 nitrogen and oxygen atoms in total. The zero-order chi connectivity index (χ0) is 15.1. The van der Waals surface area contributed by atoms with Crippen molar-refractivity contribution in [2.45, 2.75) is 19.8 Å². The van der Waals surface area contributed by atoms with Crippen LogP contribution in [-0.4, -0.2) is 30.7 Å². The van der Waals surface area contributed by atoms with Gasteiger partial charge in [-0.3, -0.25) is 0 Å². The van der Waals surface area contributed by atoms with Crippen molar-refractivity contribution >= 4 is 5.95 Å². The lowest BCUT2D eigenvalue weighted by Gasteiger charge is -2.11. The molecule has 1 N–H and O–H groups in total. The van der Waals surface area contributed by atoms with E-state index in [4.69, 9.17) is 9.47 Å². The summed E-state index contributed by atoms with van der Waals surface area (Å²) in [5.74, 6) is 2.41. The van der Waals surface area contributed by atoms with Crippen molar-refractivity contribution in [3.63, 3.8) is 0 Å². The molecule has 21 heavy (non-hydrogen) atoms. The minimum atomic E-state index is 0.674. The molecule has 0 amide bonds. The van der Waals surface area contributed by atoms with E-state index >= 15 is 0 Å². The summed E-state index contributed by atoms with van der Waals surface area (Å²) < 4.78 is 10.6. The van der Waals surface area contributed by atoms with Gasteiger partial charge in [0.1, 0.15) is 11.5 Å². The molecule has 2 rings (SSSR count). The molecule has 0 radical (unpaired) electrons. The molecule has 1 aromatic heterocycles. The van der Waals surface area contributed by atoms with Gasteiger partial charge in [0.15, 0.2) is 0 Å². The number of ether oxygens (including phenoxy) is 2. The van der Waals surface area contributed by atoms with Gasteiger partial charge in [-0.1, -0.05) is 0 Å². The van der Waals surface area contributed by atoms with Gasteiger partial charge in [0.25, 0.3) is 0 Å². The van der Waals surface area contributed by atoms with Crippen LogP contribution in [0.3, 0.4) is 0 Å². The van der Waals surface area contributed by atoms with Crippen LogP contribution in [0.5, 0.6) is 11.5 Å². The summed E-state index contributed by atoms with van der Waals surface area (Å²) in [6.45, 7) is 2.76. The van der Waals surface area contributed by atoms with Gasteiger partial charge in [-0.2, -0.15) is 0 Å². The predicted octanol–water partition coefficient (Wildman–Crippen LogP) is 2.85. The molecule has 112 valence electrons. The molecule has 0 saturated carbocycles. The highest BCUT2D eigenvalue weighted by atomic mass is 16.5. The molecule has 0 spiro atoms. The summed E-state index contributed by atoms with van der Waals surface area (Å²) in [6.07, 6.45) is 3.62. The fraction of sp³-hybridized carbons (Fsp3) is 0.375. The Hall–Kier alpha value is -2.30. The highest BCUT2D eigenvalue weighted by Gasteiger charge is 2.05. The monoisotopic (exact) mass is 287 g/mol. The first kappa shape index (κ1) is 15.1. The Balaban J connectivity index is 1.88. The summed E-state index contributed by atoms with van der Waals surface area (Å²) in [6, 6.07) is 7.74. The molecule has 0 aliphatic heterocycles. The molecule has 0 fully saturated rings. The van der Waals surface area contributed by atoms with Crippen molar-refractivity contribution < 1.29 is 9.47 Å². The Morgan fingerprint density at radius 1 is 1.14 bits per heavy atom. The zero-order valence-corrected chi connectivity index (χ0v) is 12.7. The number of aryl methyl sites for hydroxylation is 2. The minimum Gasteiger partial charge on any atom is -0.497 e. The molecular formula is C16H21N3O2. The third kappa shape index (κ3) is 4.34. The molecule has 0 unspecified atom stereocenters. The smallest absolute Gasteiger partial charge is 0.222 e. The van der Waals surface area contributed by atoms with Crippen LogP contribution >= 0.6 is 0 Å². The second kappa shape index (κ2) is 7.47. The van der Waals surface area contributed by atoms with E-state index in [1.807, 2.05) is 31.2 Å². The number of methoxy groups -OCH3 is 2. The Bertz CT molecular complexity index is 587. The van der Waals surface area contributed by atoms with Gasteiger partial charge in [0.2, 0.25) is 5.95 Å². The number of rotatable bonds is 7. The molecule has 1 aromatic carbocycles. The molecule has 5 heteroatoms. The third-order valence-corrected chi connectivity index (χ3v) is 3.19. The van der Waals surface area contributed by atoms with Crippen LogP contribution in [0, 0.1) is 6.92 Å². The van der Waals surface area contributed by atoms with E-state index in [2.05, 4.69) is 15.3 Å². The number of nitrogens with zero attached hydrogens (tertiary/aromatic N) is 2. The van der Waals surface area contributed by atoms with Crippen LogP contribution < -0.4 is 14.8 Å². The van der Waals surface area contributed by atoms with E-state index in [-0.39, 0.29) is 0 Å². The fourth-order valence-corrected chi connectivity index (χ4v) is 2.09. The Morgan fingerprint density at radius 2 is 2.00 bits per heavy atom. The summed E-state index contributed by atoms with van der Waals surface area (Å²) >= 11 is 0. The van der Waals surface area contributed by atoms with Crippen molar-refractivity contribution in [2.75, 3.05) is 26.1 Å². The molecule has 0 aliphatic rings. The van der Waals surface area contributed by atoms with Crippen molar-refractivity contribution in [3.05, 3.63) is 41.7 Å². The second-order valence-corrected chi connectivity index (χ2v) is 4.73. The summed E-state index contributed by atoms with van der Waals surface area (Å²) in [5, 5.41) is 3.23. The molecular weight excluding hydrogens is 266 g/mol. The minimum absolute atomic E-state index is 0.674. The number of anilines is 1. The van der Waals surface area contributed by atoms with E-state index in [9.17, 15) is 0 Å². The topological polar surface area (TPSA) is 56.3 Å². The van der Waals surface area contributed by atoms with Gasteiger partial charge in [0, 0.05) is 18.4 Å². The Labute approximate surface area is 125 Å². The van der Waals surface area contributed by atoms with Crippen LogP contribution in [0.2, 0.25) is 0 Å². The normalized spacial score (nSPS) is 10.2. The molecule has 1 heterocycles. The van der Waals surface area contributed by atoms with Gasteiger partial charge >= 0.3 is 0 Å². The number of hydrogen-bond donors (Lipinski definition) is 1. The lowest BCUT2D eigenvalue weighted by Crippen LogP contribution is -2.07. The van der Waals surface area contributed by atoms with Gasteiger partial charge in [-0.15, -0.1) is 0 Å². The number of nitrogens with one attached hydrogen (secondary N) is 1. The second-order valence-electron chi connectivity index (χ2n) is 4.73. The molecule has 0 bridgehead atoms. The van der Waals surface area contributed by atoms with Crippen LogP contribution in [0.1, 0.15) is 17.7 Å². The van der Waals surface area contributed by atoms with Crippen LogP contribution in [-0.2, 0) is 6.42 Å². The van der Waals surface area contributed by atoms with E-state index in [0.29, 0.717) is 5.95 Å². The summed E-state index contributed by atoms with van der Waals surface area (Å²) in [4.78, 5) is 8.49. The number of hydrogen-bond acceptors (Lipinski definition) is 5. The Kier molecular flexibility index (Phi) is 5.37. The van der Waals surface area contributed by atoms with Crippen LogP contribution in [0.25, 0.3) is 0 Å². The van der Waals surface area contributed by atoms with Crippen molar-refractivity contribution in [2.24, 2.45) is 0 Å². The molecule has 0 saturated heterocycles. The van der Waals surface area contributed by atoms with E-state index in [1.54, 1.807) is 20.4 Å². The average Bonchev–Trinajstić information content (AvgIpc) is 2.51. The molecule has 2 aromatic rings. The third-order valence-electron chi connectivity index (χ3n) is 3.19. The van der Waals surface area contributed by atoms with E-state index in [0.717, 1.165) is 42.1 Å². The van der Waals surface area contributed by atoms with Gasteiger partial charge in [-0.05, 0) is 49.6 Å². The lowest BCUT2D eigenvalue weighted by molar-refractivity contribution is 0.398. The summed E-state index contributed by atoms with van der Waals surface area (Å²) in [7, 11) is 3.35. The van der Waals surface area contributed by atoms with Crippen molar-refractivity contribution in [1.29, 1.82) is 0 Å². The van der Waals surface area contributed by atoms with Gasteiger partial charge in [-0.25, -0.2) is 9.97 Å². The maximum atomic E-state index is 5.38. The van der Waals surface area contributed by atoms with Crippen molar-refractivity contribution in [1.82, 2.24) is 9.97 Å². The van der Waals surface area contributed by atoms with E-state index < -0.39 is 0 Å². The van der Waals surface area contributed by atoms with Crippen LogP contribution in [0.15, 0.2) is 30.5 Å². The maximum absolute atomic E-state index is 5.38. The lowest BCUT2D eigenvalue weighted by atomic mass is 10.1. The van der Waals surface area contributed by atoms with Crippen molar-refractivity contribution in [3.8, 4) is 11.5 Å². The fourth-order valence-electron chi connectivity index (χ4n) is 2.09. The quantitative estimate of drug-likeness (QED) is 0.794. The van der Waals surface area contributed by atoms with Crippen LogP contribution in [0.4, 0.5) is 5.95 Å². The first-order valence-corrected chi connectivity index (χ1v) is 6.97. The van der Waals surface area contributed by atoms with E-state index in [1.165, 1.54) is 0 Å². The molecule has 0 atom stereocenters. The standard InChI is InChI=1S/C16H21N3O2/c1-12-8-10-18-16(19-12)17-9-4-5-13-11-14(20-2)6-7-15(13)21-3/h6-8,10-11H,4-5,9H2,1-3H3,(H,17,18,19). The molecule has 0 aliphatic carbocycles. The first-order valence-electron chi connectivity index (χ1n) is 6.97. The highest BCUT2D eigenvalue weighted by molar-refractivity contribution is 5.40. The largest absolute Gasteiger partial charge is 0.497 e. The SMILES string of the molecule is COc1ccc(OC)c(CCCNc2nccc(C)n2)c1. The van der Waals surface area contributed by atoms with Gasteiger partial charge < -0.3 is 14.8 Å². The highest BCUT2D eigenvalue weighted by Crippen LogP contribution is 2.25. The average molecular weight is 287 g/mol. The number of benzene rings is 1. The predicted molar refractivity (Wildman–Crippen MR) is 83.1 cm³/mol. The summed E-state index contributed by atoms with van der Waals surface area (Å²) in [5.41, 5.74) is 2.10.